The number of hydrogen-bond donors (Lipinski definition) is 0. The predicted molar refractivity (Wildman–Crippen MR) is 55.0 cm³/mol. The minimum Gasteiger partial charge on any atom is -0.295 e. The molecule has 1 fully saturated rings. The summed E-state index contributed by atoms with van der Waals surface area (Å²) in [5.74, 6) is -1.20. The van der Waals surface area contributed by atoms with Gasteiger partial charge in [-0.1, -0.05) is 0 Å². The van der Waals surface area contributed by atoms with Crippen molar-refractivity contribution in [2.75, 3.05) is 11.4 Å². The Kier molecular flexibility index (Phi) is 2.82. The number of nitrogens with zero attached hydrogens (tertiary/aromatic N) is 2. The molecule has 0 spiro atoms. The Balaban J connectivity index is 2.28. The van der Waals surface area contributed by atoms with Gasteiger partial charge >= 0.3 is 10.2 Å². The summed E-state index contributed by atoms with van der Waals surface area (Å²) in [6.07, 6.45) is 0.701. The van der Waals surface area contributed by atoms with Crippen LogP contribution in [-0.2, 0) is 15.0 Å². The summed E-state index contributed by atoms with van der Waals surface area (Å²) in [7, 11) is -4.77. The van der Waals surface area contributed by atoms with E-state index in [2.05, 4.69) is 4.98 Å². The Morgan fingerprint density at radius 3 is 2.71 bits per heavy atom. The maximum atomic E-state index is 12.9. The molecule has 0 radical (unpaired) electrons. The lowest BCUT2D eigenvalue weighted by molar-refractivity contribution is -0.117. The van der Waals surface area contributed by atoms with Gasteiger partial charge in [-0.15, -0.1) is 3.89 Å². The van der Waals surface area contributed by atoms with Gasteiger partial charge in [0.25, 0.3) is 0 Å². The van der Waals surface area contributed by atoms with Gasteiger partial charge in [0.15, 0.2) is 0 Å². The maximum absolute atomic E-state index is 12.9. The van der Waals surface area contributed by atoms with Gasteiger partial charge in [-0.05, 0) is 6.07 Å². The van der Waals surface area contributed by atoms with Crippen molar-refractivity contribution in [3.05, 3.63) is 24.1 Å². The van der Waals surface area contributed by atoms with Gasteiger partial charge in [0.2, 0.25) is 5.91 Å². The van der Waals surface area contributed by atoms with E-state index in [1.807, 2.05) is 0 Å². The molecule has 1 saturated heterocycles. The molecule has 1 unspecified atom stereocenters. The molecule has 2 rings (SSSR count). The summed E-state index contributed by atoms with van der Waals surface area (Å²) in [5, 5.41) is -1.40. The molecule has 1 aromatic rings. The van der Waals surface area contributed by atoms with Crippen LogP contribution in [0.1, 0.15) is 6.42 Å². The summed E-state index contributed by atoms with van der Waals surface area (Å²) in [5.41, 5.74) is 0. The van der Waals surface area contributed by atoms with Crippen molar-refractivity contribution < 1.29 is 21.5 Å². The summed E-state index contributed by atoms with van der Waals surface area (Å²) >= 11 is 0. The molecular weight excluding hydrogens is 254 g/mol. The number of rotatable bonds is 2. The van der Waals surface area contributed by atoms with E-state index in [1.54, 1.807) is 0 Å². The molecule has 2 heterocycles. The summed E-state index contributed by atoms with van der Waals surface area (Å²) in [6, 6.07) is 2.08. The van der Waals surface area contributed by atoms with Gasteiger partial charge in [0.1, 0.15) is 16.9 Å². The highest BCUT2D eigenvalue weighted by Gasteiger charge is 2.39. The zero-order valence-corrected chi connectivity index (χ0v) is 9.32. The lowest BCUT2D eigenvalue weighted by Gasteiger charge is -2.14. The van der Waals surface area contributed by atoms with Crippen LogP contribution >= 0.6 is 0 Å². The quantitative estimate of drug-likeness (QED) is 0.733. The molecule has 1 aliphatic rings. The van der Waals surface area contributed by atoms with E-state index < -0.39 is 33.6 Å². The Labute approximate surface area is 96.3 Å². The van der Waals surface area contributed by atoms with E-state index in [-0.39, 0.29) is 12.4 Å². The SMILES string of the molecule is O=C1CC(S(=O)(=O)F)CN1c1cc(F)ccn1. The van der Waals surface area contributed by atoms with E-state index >= 15 is 0 Å². The fourth-order valence-electron chi connectivity index (χ4n) is 1.63. The zero-order chi connectivity index (χ0) is 12.6. The fraction of sp³-hybridized carbons (Fsp3) is 0.333. The van der Waals surface area contributed by atoms with Gasteiger partial charge in [-0.2, -0.15) is 8.42 Å². The van der Waals surface area contributed by atoms with Crippen LogP contribution in [0.5, 0.6) is 0 Å². The fourth-order valence-corrected chi connectivity index (χ4v) is 2.29. The third-order valence-electron chi connectivity index (χ3n) is 2.47. The van der Waals surface area contributed by atoms with Crippen LogP contribution in [0, 0.1) is 5.82 Å². The Hall–Kier alpha value is -1.57. The van der Waals surface area contributed by atoms with Gasteiger partial charge < -0.3 is 0 Å². The molecular formula is C9H8F2N2O3S. The molecule has 1 aliphatic heterocycles. The van der Waals surface area contributed by atoms with Gasteiger partial charge in [-0.25, -0.2) is 9.37 Å². The molecule has 5 nitrogen and oxygen atoms in total. The second kappa shape index (κ2) is 4.02. The van der Waals surface area contributed by atoms with E-state index in [1.165, 1.54) is 0 Å². The Morgan fingerprint density at radius 2 is 2.18 bits per heavy atom. The van der Waals surface area contributed by atoms with Gasteiger partial charge in [-0.3, -0.25) is 9.69 Å². The predicted octanol–water partition coefficient (Wildman–Crippen LogP) is 0.625. The first-order valence-electron chi connectivity index (χ1n) is 4.73. The second-order valence-corrected chi connectivity index (χ2v) is 5.26. The van der Waals surface area contributed by atoms with Crippen molar-refractivity contribution in [1.82, 2.24) is 4.98 Å². The highest BCUT2D eigenvalue weighted by Crippen LogP contribution is 2.24. The molecule has 0 bridgehead atoms. The molecule has 0 N–H and O–H groups in total. The smallest absolute Gasteiger partial charge is 0.295 e. The van der Waals surface area contributed by atoms with Crippen molar-refractivity contribution >= 4 is 21.9 Å². The van der Waals surface area contributed by atoms with Crippen LogP contribution in [0.3, 0.4) is 0 Å². The maximum Gasteiger partial charge on any atom is 0.307 e. The summed E-state index contributed by atoms with van der Waals surface area (Å²) in [4.78, 5) is 16.2. The van der Waals surface area contributed by atoms with Crippen LogP contribution in [0.2, 0.25) is 0 Å². The van der Waals surface area contributed by atoms with Crippen LogP contribution in [0.15, 0.2) is 18.3 Å². The molecule has 1 aromatic heterocycles. The topological polar surface area (TPSA) is 67.3 Å². The third-order valence-corrected chi connectivity index (χ3v) is 3.58. The molecule has 0 aliphatic carbocycles. The molecule has 8 heteroatoms. The standard InChI is InChI=1S/C9H8F2N2O3S/c10-6-1-2-12-8(3-6)13-5-7(4-9(13)14)17(11,15)16/h1-3,7H,4-5H2. The van der Waals surface area contributed by atoms with Crippen molar-refractivity contribution in [3.63, 3.8) is 0 Å². The molecule has 1 amide bonds. The molecule has 0 aromatic carbocycles. The van der Waals surface area contributed by atoms with Gasteiger partial charge in [0, 0.05) is 25.2 Å². The number of carbonyl (C=O) groups excluding carboxylic acids is 1. The van der Waals surface area contributed by atoms with Crippen molar-refractivity contribution in [3.8, 4) is 0 Å². The third kappa shape index (κ3) is 2.41. The zero-order valence-electron chi connectivity index (χ0n) is 8.51. The molecule has 17 heavy (non-hydrogen) atoms. The van der Waals surface area contributed by atoms with Crippen LogP contribution in [0.4, 0.5) is 14.1 Å². The van der Waals surface area contributed by atoms with E-state index in [0.717, 1.165) is 23.2 Å². The van der Waals surface area contributed by atoms with E-state index in [0.29, 0.717) is 0 Å². The normalized spacial score (nSPS) is 20.9. The van der Waals surface area contributed by atoms with Crippen molar-refractivity contribution in [1.29, 1.82) is 0 Å². The minimum absolute atomic E-state index is 0.0128. The monoisotopic (exact) mass is 262 g/mol. The average molecular weight is 262 g/mol. The molecule has 0 saturated carbocycles. The Bertz CT molecular complexity index is 561. The molecule has 92 valence electrons. The highest BCUT2D eigenvalue weighted by atomic mass is 32.3. The van der Waals surface area contributed by atoms with Crippen molar-refractivity contribution in [2.45, 2.75) is 11.7 Å². The van der Waals surface area contributed by atoms with Gasteiger partial charge in [0.05, 0.1) is 0 Å². The van der Waals surface area contributed by atoms with Crippen LogP contribution in [0.25, 0.3) is 0 Å². The number of aromatic nitrogens is 1. The molecule has 1 atom stereocenters. The summed E-state index contributed by atoms with van der Waals surface area (Å²) in [6.45, 7) is -0.339. The first-order valence-corrected chi connectivity index (χ1v) is 6.18. The number of hydrogen-bond acceptors (Lipinski definition) is 4. The largest absolute Gasteiger partial charge is 0.307 e. The minimum atomic E-state index is -4.77. The average Bonchev–Trinajstić information content (AvgIpc) is 2.60. The second-order valence-electron chi connectivity index (χ2n) is 3.64. The lowest BCUT2D eigenvalue weighted by atomic mass is 10.4. The highest BCUT2D eigenvalue weighted by molar-refractivity contribution is 7.87. The Morgan fingerprint density at radius 1 is 1.47 bits per heavy atom. The number of carbonyl (C=O) groups is 1. The number of halogens is 2. The van der Waals surface area contributed by atoms with E-state index in [4.69, 9.17) is 0 Å². The number of pyridine rings is 1. The lowest BCUT2D eigenvalue weighted by Crippen LogP contribution is -2.27. The van der Waals surface area contributed by atoms with Crippen LogP contribution in [-0.4, -0.2) is 31.1 Å². The van der Waals surface area contributed by atoms with E-state index in [9.17, 15) is 21.5 Å². The first-order chi connectivity index (χ1) is 7.88. The van der Waals surface area contributed by atoms with Crippen molar-refractivity contribution in [2.24, 2.45) is 0 Å². The summed E-state index contributed by atoms with van der Waals surface area (Å²) < 4.78 is 47.0. The van der Waals surface area contributed by atoms with Crippen LogP contribution < -0.4 is 4.90 Å². The first kappa shape index (κ1) is 11.9. The number of anilines is 1. The number of amides is 1.